The summed E-state index contributed by atoms with van der Waals surface area (Å²) in [5.74, 6) is 0. The van der Waals surface area contributed by atoms with Gasteiger partial charge in [0.2, 0.25) is 0 Å². The number of hydrogen-bond donors (Lipinski definition) is 0. The molecule has 5 heteroatoms. The van der Waals surface area contributed by atoms with Crippen LogP contribution in [0.1, 0.15) is 0 Å². The summed E-state index contributed by atoms with van der Waals surface area (Å²) in [6.45, 7) is 3.51. The number of halogens is 1. The topological polar surface area (TPSA) is 34.9 Å². The summed E-state index contributed by atoms with van der Waals surface area (Å²) >= 11 is 3.27. The van der Waals surface area contributed by atoms with Gasteiger partial charge in [0.15, 0.2) is 0 Å². The van der Waals surface area contributed by atoms with Crippen LogP contribution in [-0.4, -0.2) is 23.1 Å². The predicted molar refractivity (Wildman–Crippen MR) is 49.4 cm³/mol. The molecule has 1 aromatic heterocycles. The Bertz CT molecular complexity index is 291. The van der Waals surface area contributed by atoms with E-state index in [4.69, 9.17) is 0 Å². The Morgan fingerprint density at radius 3 is 2.73 bits per heavy atom. The highest BCUT2D eigenvalue weighted by Crippen LogP contribution is 2.37. The van der Waals surface area contributed by atoms with Crippen LogP contribution < -0.4 is 0 Å². The molecule has 1 heterocycles. The fourth-order valence-electron chi connectivity index (χ4n) is 0.765. The molecule has 0 unspecified atom stereocenters. The largest absolute Gasteiger partial charge is 0.322 e. The van der Waals surface area contributed by atoms with Crippen LogP contribution in [0.2, 0.25) is 0 Å². The summed E-state index contributed by atoms with van der Waals surface area (Å²) in [5.41, 5.74) is 0. The first-order valence-corrected chi connectivity index (χ1v) is 6.77. The van der Waals surface area contributed by atoms with Crippen molar-refractivity contribution >= 4 is 23.1 Å². The predicted octanol–water partition coefficient (Wildman–Crippen LogP) is 2.23. The molecule has 0 radical (unpaired) electrons. The van der Waals surface area contributed by atoms with Gasteiger partial charge < -0.3 is 4.57 Å². The zero-order valence-corrected chi connectivity index (χ0v) is 8.97. The van der Waals surface area contributed by atoms with E-state index in [1.165, 1.54) is 0 Å². The highest BCUT2D eigenvalue weighted by atomic mass is 79.9. The van der Waals surface area contributed by atoms with E-state index in [0.29, 0.717) is 6.29 Å². The molecule has 0 fully saturated rings. The smallest absolute Gasteiger partial charge is 0.102 e. The van der Waals surface area contributed by atoms with Gasteiger partial charge in [-0.15, -0.1) is 0 Å². The lowest BCUT2D eigenvalue weighted by Gasteiger charge is -2.04. The summed E-state index contributed by atoms with van der Waals surface area (Å²) < 4.78 is 13.9. The van der Waals surface area contributed by atoms with Gasteiger partial charge in [0, 0.05) is 6.20 Å². The van der Waals surface area contributed by atoms with Gasteiger partial charge in [-0.2, -0.15) is 5.10 Å². The van der Waals surface area contributed by atoms with Crippen molar-refractivity contribution in [2.75, 3.05) is 13.3 Å². The third-order valence-electron chi connectivity index (χ3n) is 1.09. The van der Waals surface area contributed by atoms with Crippen LogP contribution in [0.3, 0.4) is 0 Å². The van der Waals surface area contributed by atoms with Gasteiger partial charge in [0.05, 0.1) is 17.0 Å². The summed E-state index contributed by atoms with van der Waals surface area (Å²) in [5, 5.41) is 4.00. The standard InChI is InChI=1S/C6H10BrN2OP/c1-11(2,10)5-9-4-6(7)3-8-9/h3-4H,5H2,1-2H3. The molecule has 0 aromatic carbocycles. The molecule has 0 amide bonds. The van der Waals surface area contributed by atoms with Gasteiger partial charge in [0.25, 0.3) is 0 Å². The summed E-state index contributed by atoms with van der Waals surface area (Å²) in [7, 11) is -1.99. The SMILES string of the molecule is CP(C)(=O)Cn1cc(Br)cn1. The molecule has 0 N–H and O–H groups in total. The second kappa shape index (κ2) is 3.11. The second-order valence-corrected chi connectivity index (χ2v) is 7.26. The molecule has 1 rings (SSSR count). The van der Waals surface area contributed by atoms with Gasteiger partial charge in [-0.25, -0.2) is 0 Å². The van der Waals surface area contributed by atoms with Crippen molar-refractivity contribution < 1.29 is 4.57 Å². The van der Waals surface area contributed by atoms with E-state index in [-0.39, 0.29) is 0 Å². The van der Waals surface area contributed by atoms with Crippen molar-refractivity contribution in [2.45, 2.75) is 6.29 Å². The first kappa shape index (κ1) is 9.01. The van der Waals surface area contributed by atoms with Crippen molar-refractivity contribution in [3.05, 3.63) is 16.9 Å². The monoisotopic (exact) mass is 236 g/mol. The van der Waals surface area contributed by atoms with Crippen LogP contribution in [0.4, 0.5) is 0 Å². The van der Waals surface area contributed by atoms with Crippen molar-refractivity contribution in [3.8, 4) is 0 Å². The molecule has 0 aliphatic carbocycles. The third-order valence-corrected chi connectivity index (χ3v) is 2.47. The Hall–Kier alpha value is -0.0800. The van der Waals surface area contributed by atoms with Crippen molar-refractivity contribution in [2.24, 2.45) is 0 Å². The van der Waals surface area contributed by atoms with Gasteiger partial charge in [0.1, 0.15) is 7.14 Å². The number of nitrogens with zero attached hydrogens (tertiary/aromatic N) is 2. The minimum atomic E-state index is -1.99. The quantitative estimate of drug-likeness (QED) is 0.739. The van der Waals surface area contributed by atoms with E-state index in [1.54, 1.807) is 24.2 Å². The first-order valence-electron chi connectivity index (χ1n) is 3.19. The molecular weight excluding hydrogens is 227 g/mol. The van der Waals surface area contributed by atoms with E-state index in [1.807, 2.05) is 6.20 Å². The maximum absolute atomic E-state index is 11.3. The van der Waals surface area contributed by atoms with Gasteiger partial charge in [-0.05, 0) is 29.3 Å². The molecule has 11 heavy (non-hydrogen) atoms. The molecule has 0 bridgehead atoms. The Labute approximate surface area is 74.3 Å². The van der Waals surface area contributed by atoms with E-state index in [9.17, 15) is 4.57 Å². The molecule has 0 aliphatic heterocycles. The van der Waals surface area contributed by atoms with Crippen molar-refractivity contribution in [1.82, 2.24) is 9.78 Å². The Balaban J connectivity index is 2.73. The number of aromatic nitrogens is 2. The molecule has 0 atom stereocenters. The second-order valence-electron chi connectivity index (χ2n) is 2.91. The molecular formula is C6H10BrN2OP. The van der Waals surface area contributed by atoms with E-state index in [0.717, 1.165) is 4.47 Å². The van der Waals surface area contributed by atoms with E-state index < -0.39 is 7.14 Å². The maximum Gasteiger partial charge on any atom is 0.102 e. The zero-order chi connectivity index (χ0) is 8.48. The normalized spacial score (nSPS) is 11.9. The molecule has 1 aromatic rings. The molecule has 0 saturated carbocycles. The minimum absolute atomic E-state index is 0.512. The lowest BCUT2D eigenvalue weighted by molar-refractivity contribution is 0.569. The minimum Gasteiger partial charge on any atom is -0.322 e. The highest BCUT2D eigenvalue weighted by Gasteiger charge is 2.07. The van der Waals surface area contributed by atoms with Crippen LogP contribution in [-0.2, 0) is 10.9 Å². The van der Waals surface area contributed by atoms with Crippen molar-refractivity contribution in [3.63, 3.8) is 0 Å². The van der Waals surface area contributed by atoms with Crippen molar-refractivity contribution in [1.29, 1.82) is 0 Å². The fraction of sp³-hybridized carbons (Fsp3) is 0.500. The highest BCUT2D eigenvalue weighted by molar-refractivity contribution is 9.10. The van der Waals surface area contributed by atoms with E-state index >= 15 is 0 Å². The van der Waals surface area contributed by atoms with Gasteiger partial charge >= 0.3 is 0 Å². The van der Waals surface area contributed by atoms with Crippen LogP contribution in [0.25, 0.3) is 0 Å². The molecule has 0 saturated heterocycles. The van der Waals surface area contributed by atoms with Gasteiger partial charge in [-0.1, -0.05) is 0 Å². The zero-order valence-electron chi connectivity index (χ0n) is 6.49. The lowest BCUT2D eigenvalue weighted by atomic mass is 10.8. The third kappa shape index (κ3) is 3.21. The maximum atomic E-state index is 11.3. The summed E-state index contributed by atoms with van der Waals surface area (Å²) in [6, 6.07) is 0. The summed E-state index contributed by atoms with van der Waals surface area (Å²) in [4.78, 5) is 0. The van der Waals surface area contributed by atoms with Crippen LogP contribution >= 0.6 is 23.1 Å². The average Bonchev–Trinajstić information content (AvgIpc) is 2.10. The van der Waals surface area contributed by atoms with Gasteiger partial charge in [-0.3, -0.25) is 4.68 Å². The van der Waals surface area contributed by atoms with Crippen LogP contribution in [0.5, 0.6) is 0 Å². The van der Waals surface area contributed by atoms with E-state index in [2.05, 4.69) is 21.0 Å². The lowest BCUT2D eigenvalue weighted by Crippen LogP contribution is -1.97. The van der Waals surface area contributed by atoms with Crippen LogP contribution in [0.15, 0.2) is 16.9 Å². The Kier molecular flexibility index (Phi) is 2.55. The Morgan fingerprint density at radius 1 is 1.73 bits per heavy atom. The Morgan fingerprint density at radius 2 is 2.36 bits per heavy atom. The molecule has 62 valence electrons. The number of hydrogen-bond acceptors (Lipinski definition) is 2. The fourth-order valence-corrected chi connectivity index (χ4v) is 1.95. The molecule has 3 nitrogen and oxygen atoms in total. The van der Waals surface area contributed by atoms with Crippen LogP contribution in [0, 0.1) is 0 Å². The molecule has 0 spiro atoms. The molecule has 0 aliphatic rings. The number of rotatable bonds is 2. The average molecular weight is 237 g/mol. The first-order chi connectivity index (χ1) is 4.97. The summed E-state index contributed by atoms with van der Waals surface area (Å²) in [6.07, 6.45) is 4.02.